The molecule has 1 N–H and O–H groups in total. The summed E-state index contributed by atoms with van der Waals surface area (Å²) in [6.07, 6.45) is -4.14. The maximum atomic E-state index is 15.3. The number of amides is 1. The fourth-order valence-corrected chi connectivity index (χ4v) is 5.00. The molecule has 9 nitrogen and oxygen atoms in total. The van der Waals surface area contributed by atoms with E-state index in [1.807, 2.05) is 6.07 Å². The van der Waals surface area contributed by atoms with Crippen LogP contribution >= 0.6 is 0 Å². The van der Waals surface area contributed by atoms with Crippen LogP contribution in [0.15, 0.2) is 54.7 Å². The average Bonchev–Trinajstić information content (AvgIpc) is 3.35. The molecule has 214 valence electrons. The minimum absolute atomic E-state index is 0.0739. The van der Waals surface area contributed by atoms with Gasteiger partial charge >= 0.3 is 12.1 Å². The number of ether oxygens (including phenoxy) is 1. The molecule has 4 aromatic rings. The van der Waals surface area contributed by atoms with Crippen LogP contribution in [-0.4, -0.2) is 74.2 Å². The molecule has 5 rings (SSSR count). The molecule has 41 heavy (non-hydrogen) atoms. The van der Waals surface area contributed by atoms with Crippen LogP contribution in [0.5, 0.6) is 5.75 Å². The van der Waals surface area contributed by atoms with Gasteiger partial charge in [-0.3, -0.25) is 9.69 Å². The van der Waals surface area contributed by atoms with E-state index in [-0.39, 0.29) is 29.3 Å². The quantitative estimate of drug-likeness (QED) is 0.338. The summed E-state index contributed by atoms with van der Waals surface area (Å²) in [5.74, 6) is -2.78. The number of hydrogen-bond acceptors (Lipinski definition) is 6. The van der Waals surface area contributed by atoms with E-state index in [2.05, 4.69) is 15.0 Å². The zero-order valence-corrected chi connectivity index (χ0v) is 22.0. The van der Waals surface area contributed by atoms with Crippen LogP contribution < -0.4 is 4.74 Å². The maximum absolute atomic E-state index is 15.3. The number of carbonyl (C=O) groups excluding carboxylic acids is 1. The lowest BCUT2D eigenvalue weighted by atomic mass is 10.1. The third-order valence-corrected chi connectivity index (χ3v) is 7.00. The monoisotopic (exact) mass is 571 g/mol. The summed E-state index contributed by atoms with van der Waals surface area (Å²) < 4.78 is 62.8. The fourth-order valence-electron chi connectivity index (χ4n) is 5.00. The molecule has 1 atom stereocenters. The second-order valence-electron chi connectivity index (χ2n) is 9.73. The van der Waals surface area contributed by atoms with Crippen molar-refractivity contribution in [3.63, 3.8) is 0 Å². The Morgan fingerprint density at radius 1 is 1.12 bits per heavy atom. The first-order valence-corrected chi connectivity index (χ1v) is 12.6. The molecule has 1 aliphatic heterocycles. The summed E-state index contributed by atoms with van der Waals surface area (Å²) in [7, 11) is 1.42. The summed E-state index contributed by atoms with van der Waals surface area (Å²) in [5.41, 5.74) is -1.76. The van der Waals surface area contributed by atoms with Crippen molar-refractivity contribution in [2.45, 2.75) is 25.7 Å². The Balaban J connectivity index is 1.44. The van der Waals surface area contributed by atoms with Gasteiger partial charge in [0.25, 0.3) is 5.91 Å². The molecule has 2 aromatic carbocycles. The summed E-state index contributed by atoms with van der Waals surface area (Å²) >= 11 is 0. The van der Waals surface area contributed by atoms with Gasteiger partial charge in [0.1, 0.15) is 17.0 Å². The van der Waals surface area contributed by atoms with Crippen molar-refractivity contribution in [3.05, 3.63) is 82.9 Å². The van der Waals surface area contributed by atoms with Gasteiger partial charge in [-0.05, 0) is 48.9 Å². The number of piperazine rings is 1. The highest BCUT2D eigenvalue weighted by Crippen LogP contribution is 2.36. The first kappa shape index (κ1) is 28.0. The smallest absolute Gasteiger partial charge is 0.436 e. The van der Waals surface area contributed by atoms with E-state index in [0.717, 1.165) is 11.8 Å². The number of alkyl halides is 3. The SMILES string of the molecule is COc1ccc(-c2nc3c(C(=O)N4CCN(Cc5cccc(C(=O)O)c5)C[C@H]4C)cnn3c(C(F)(F)F)c2F)cc1. The predicted octanol–water partition coefficient (Wildman–Crippen LogP) is 4.61. The average molecular weight is 572 g/mol. The van der Waals surface area contributed by atoms with Crippen LogP contribution in [-0.2, 0) is 12.7 Å². The van der Waals surface area contributed by atoms with Crippen LogP contribution in [0, 0.1) is 5.82 Å². The molecule has 3 heterocycles. The van der Waals surface area contributed by atoms with Gasteiger partial charge in [-0.15, -0.1) is 0 Å². The number of methoxy groups -OCH3 is 1. The molecular weight excluding hydrogens is 546 g/mol. The molecule has 1 fully saturated rings. The number of aromatic nitrogens is 3. The number of aromatic carboxylic acids is 1. The van der Waals surface area contributed by atoms with Gasteiger partial charge in [0.2, 0.25) is 0 Å². The molecule has 2 aromatic heterocycles. The Labute approximate surface area is 231 Å². The number of carboxylic acids is 1. The van der Waals surface area contributed by atoms with E-state index in [1.54, 1.807) is 19.1 Å². The lowest BCUT2D eigenvalue weighted by Gasteiger charge is -2.39. The van der Waals surface area contributed by atoms with Crippen molar-refractivity contribution in [1.82, 2.24) is 24.4 Å². The van der Waals surface area contributed by atoms with Gasteiger partial charge in [-0.2, -0.15) is 18.3 Å². The number of carboxylic acid groups (broad SMARTS) is 1. The van der Waals surface area contributed by atoms with E-state index in [0.29, 0.717) is 29.9 Å². The number of benzene rings is 2. The number of carbonyl (C=O) groups is 2. The minimum atomic E-state index is -5.12. The molecule has 0 unspecified atom stereocenters. The normalized spacial score (nSPS) is 16.2. The Bertz CT molecular complexity index is 1620. The van der Waals surface area contributed by atoms with Crippen molar-refractivity contribution in [1.29, 1.82) is 0 Å². The maximum Gasteiger partial charge on any atom is 0.436 e. The Morgan fingerprint density at radius 2 is 1.85 bits per heavy atom. The van der Waals surface area contributed by atoms with Crippen molar-refractivity contribution in [3.8, 4) is 17.0 Å². The second-order valence-corrected chi connectivity index (χ2v) is 9.73. The van der Waals surface area contributed by atoms with Crippen molar-refractivity contribution in [2.24, 2.45) is 0 Å². The van der Waals surface area contributed by atoms with Gasteiger partial charge in [0.15, 0.2) is 17.2 Å². The summed E-state index contributed by atoms with van der Waals surface area (Å²) in [6.45, 7) is 3.41. The van der Waals surface area contributed by atoms with E-state index in [9.17, 15) is 27.9 Å². The van der Waals surface area contributed by atoms with Crippen LogP contribution in [0.3, 0.4) is 0 Å². The molecule has 0 spiro atoms. The van der Waals surface area contributed by atoms with Gasteiger partial charge < -0.3 is 14.7 Å². The molecule has 1 saturated heterocycles. The van der Waals surface area contributed by atoms with Gasteiger partial charge in [-0.25, -0.2) is 18.7 Å². The first-order valence-electron chi connectivity index (χ1n) is 12.6. The third kappa shape index (κ3) is 5.44. The lowest BCUT2D eigenvalue weighted by Crippen LogP contribution is -2.53. The summed E-state index contributed by atoms with van der Waals surface area (Å²) in [6, 6.07) is 11.9. The van der Waals surface area contributed by atoms with E-state index < -0.39 is 40.9 Å². The Morgan fingerprint density at radius 3 is 2.49 bits per heavy atom. The van der Waals surface area contributed by atoms with Crippen molar-refractivity contribution in [2.75, 3.05) is 26.7 Å². The Hall–Kier alpha value is -4.52. The zero-order chi connectivity index (χ0) is 29.5. The summed E-state index contributed by atoms with van der Waals surface area (Å²) in [5, 5.41) is 13.0. The molecule has 1 amide bonds. The second kappa shape index (κ2) is 10.8. The first-order chi connectivity index (χ1) is 19.5. The zero-order valence-electron chi connectivity index (χ0n) is 22.0. The Kier molecular flexibility index (Phi) is 7.39. The third-order valence-electron chi connectivity index (χ3n) is 7.00. The highest BCUT2D eigenvalue weighted by Gasteiger charge is 2.41. The molecule has 0 bridgehead atoms. The van der Waals surface area contributed by atoms with Gasteiger partial charge in [-0.1, -0.05) is 12.1 Å². The molecule has 0 radical (unpaired) electrons. The molecule has 1 aliphatic rings. The minimum Gasteiger partial charge on any atom is -0.497 e. The topological polar surface area (TPSA) is 100 Å². The highest BCUT2D eigenvalue weighted by atomic mass is 19.4. The lowest BCUT2D eigenvalue weighted by molar-refractivity contribution is -0.145. The van der Waals surface area contributed by atoms with Crippen LogP contribution in [0.4, 0.5) is 17.6 Å². The van der Waals surface area contributed by atoms with E-state index in [4.69, 9.17) is 4.74 Å². The fraction of sp³-hybridized carbons (Fsp3) is 0.286. The largest absolute Gasteiger partial charge is 0.497 e. The standard InChI is InChI=1S/C28H25F4N5O4/c1-16-14-35(15-17-4-3-5-19(12-17)27(39)40)10-11-36(16)26(38)21-13-33-37-24(28(30,31)32)22(29)23(34-25(21)37)18-6-8-20(41-2)9-7-18/h3-9,12-13,16H,10-11,14-15H2,1-2H3,(H,39,40)/t16-/m1/s1. The van der Waals surface area contributed by atoms with Crippen LogP contribution in [0.2, 0.25) is 0 Å². The number of fused-ring (bicyclic) bond motifs is 1. The number of hydrogen-bond donors (Lipinski definition) is 1. The molecule has 0 saturated carbocycles. The van der Waals surface area contributed by atoms with Gasteiger partial charge in [0.05, 0.1) is 18.9 Å². The van der Waals surface area contributed by atoms with E-state index >= 15 is 4.39 Å². The van der Waals surface area contributed by atoms with Crippen LogP contribution in [0.1, 0.15) is 38.9 Å². The van der Waals surface area contributed by atoms with Crippen molar-refractivity contribution >= 4 is 17.5 Å². The molecule has 13 heteroatoms. The number of halogens is 4. The van der Waals surface area contributed by atoms with Crippen LogP contribution in [0.25, 0.3) is 16.9 Å². The highest BCUT2D eigenvalue weighted by molar-refractivity contribution is 6.00. The van der Waals surface area contributed by atoms with Crippen molar-refractivity contribution < 1.29 is 37.0 Å². The summed E-state index contributed by atoms with van der Waals surface area (Å²) in [4.78, 5) is 32.6. The number of rotatable bonds is 6. The number of nitrogens with zero attached hydrogens (tertiary/aromatic N) is 5. The van der Waals surface area contributed by atoms with E-state index in [1.165, 1.54) is 42.3 Å². The predicted molar refractivity (Wildman–Crippen MR) is 139 cm³/mol. The van der Waals surface area contributed by atoms with Gasteiger partial charge in [0, 0.05) is 37.8 Å². The molecule has 0 aliphatic carbocycles. The molecular formula is C28H25F4N5O4.